The van der Waals surface area contributed by atoms with Crippen molar-refractivity contribution in [3.63, 3.8) is 0 Å². The quantitative estimate of drug-likeness (QED) is 0.546. The fraction of sp³-hybridized carbons (Fsp3) is 0.238. The van der Waals surface area contributed by atoms with Crippen LogP contribution in [0, 0.1) is 6.92 Å². The van der Waals surface area contributed by atoms with E-state index in [1.54, 1.807) is 0 Å². The lowest BCUT2D eigenvalue weighted by molar-refractivity contribution is -0.123. The number of benzene rings is 2. The topological polar surface area (TPSA) is 32.7 Å². The number of amides is 1. The van der Waals surface area contributed by atoms with Crippen LogP contribution in [-0.2, 0) is 4.79 Å². The number of carbonyl (C=O) groups excluding carboxylic acids is 1. The fourth-order valence-corrected chi connectivity index (χ4v) is 3.93. The van der Waals surface area contributed by atoms with Crippen molar-refractivity contribution < 1.29 is 4.79 Å². The molecule has 3 nitrogen and oxygen atoms in total. The number of aliphatic imine (C=N–C) groups is 1. The number of nitrogens with zero attached hydrogens (tertiary/aromatic N) is 2. The van der Waals surface area contributed by atoms with E-state index < -0.39 is 0 Å². The van der Waals surface area contributed by atoms with Crippen LogP contribution in [0.5, 0.6) is 0 Å². The van der Waals surface area contributed by atoms with Gasteiger partial charge in [-0.25, -0.2) is 4.99 Å². The Labute approximate surface area is 167 Å². The summed E-state index contributed by atoms with van der Waals surface area (Å²) in [5, 5.41) is 0.747. The number of thioether (sulfide) groups is 1. The lowest BCUT2D eigenvalue weighted by Gasteiger charge is -2.22. The predicted octanol–water partition coefficient (Wildman–Crippen LogP) is 6.16. The molecule has 2 aromatic carbocycles. The minimum absolute atomic E-state index is 0.0260. The summed E-state index contributed by atoms with van der Waals surface area (Å²) in [6.45, 7) is 6.20. The Balaban J connectivity index is 1.96. The molecule has 1 amide bonds. The first kappa shape index (κ1) is 18.9. The molecule has 134 valence electrons. The molecule has 0 radical (unpaired) electrons. The molecule has 0 aliphatic carbocycles. The molecule has 2 aromatic rings. The van der Waals surface area contributed by atoms with Crippen molar-refractivity contribution in [1.29, 1.82) is 0 Å². The Kier molecular flexibility index (Phi) is 5.99. The number of hydrogen-bond acceptors (Lipinski definition) is 3. The van der Waals surface area contributed by atoms with E-state index in [1.807, 2.05) is 59.5 Å². The minimum atomic E-state index is 0.0260. The Morgan fingerprint density at radius 3 is 2.42 bits per heavy atom. The molecule has 1 saturated heterocycles. The number of rotatable bonds is 4. The zero-order valence-corrected chi connectivity index (χ0v) is 17.5. The number of halogens is 1. The van der Waals surface area contributed by atoms with Crippen LogP contribution in [0.15, 0.2) is 62.9 Å². The van der Waals surface area contributed by atoms with E-state index in [0.717, 1.165) is 27.3 Å². The van der Waals surface area contributed by atoms with Gasteiger partial charge >= 0.3 is 0 Å². The molecule has 0 N–H and O–H groups in total. The van der Waals surface area contributed by atoms with Crippen LogP contribution < -0.4 is 0 Å². The van der Waals surface area contributed by atoms with Gasteiger partial charge in [0.2, 0.25) is 0 Å². The third kappa shape index (κ3) is 4.27. The predicted molar refractivity (Wildman–Crippen MR) is 115 cm³/mol. The Hall–Kier alpha value is -1.85. The molecule has 1 fully saturated rings. The summed E-state index contributed by atoms with van der Waals surface area (Å²) in [6.07, 6.45) is 2.82. The Morgan fingerprint density at radius 2 is 1.81 bits per heavy atom. The van der Waals surface area contributed by atoms with Crippen molar-refractivity contribution in [2.45, 2.75) is 33.2 Å². The molecule has 3 rings (SSSR count). The SMILES string of the molecule is CC[C@H](C)N1C(=O)/C(=C\c2ccc(Br)cc2)SC1=Nc1ccc(C)cc1. The van der Waals surface area contributed by atoms with Gasteiger partial charge < -0.3 is 0 Å². The molecule has 0 unspecified atom stereocenters. The van der Waals surface area contributed by atoms with Gasteiger partial charge in [0, 0.05) is 10.5 Å². The molecule has 1 atom stereocenters. The number of amidine groups is 1. The first-order valence-electron chi connectivity index (χ1n) is 8.62. The van der Waals surface area contributed by atoms with Gasteiger partial charge in [0.05, 0.1) is 10.6 Å². The zero-order valence-electron chi connectivity index (χ0n) is 15.1. The van der Waals surface area contributed by atoms with Crippen LogP contribution in [0.25, 0.3) is 6.08 Å². The standard InChI is InChI=1S/C21H21BrN2OS/c1-4-15(3)24-20(25)19(13-16-7-9-17(22)10-8-16)26-21(24)23-18-11-5-14(2)6-12-18/h5-13,15H,4H2,1-3H3/b19-13+,23-21?/t15-/m0/s1. The van der Waals surface area contributed by atoms with Crippen molar-refractivity contribution in [3.8, 4) is 0 Å². The van der Waals surface area contributed by atoms with Crippen LogP contribution in [-0.4, -0.2) is 22.0 Å². The fourth-order valence-electron chi connectivity index (χ4n) is 2.58. The van der Waals surface area contributed by atoms with E-state index in [4.69, 9.17) is 4.99 Å². The molecule has 26 heavy (non-hydrogen) atoms. The van der Waals surface area contributed by atoms with Crippen LogP contribution in [0.2, 0.25) is 0 Å². The lowest BCUT2D eigenvalue weighted by atomic mass is 10.2. The third-order valence-corrected chi connectivity index (χ3v) is 5.81. The monoisotopic (exact) mass is 428 g/mol. The molecule has 1 aliphatic heterocycles. The molecule has 1 aliphatic rings. The van der Waals surface area contributed by atoms with Crippen LogP contribution in [0.4, 0.5) is 5.69 Å². The molecular weight excluding hydrogens is 408 g/mol. The first-order chi connectivity index (χ1) is 12.5. The highest BCUT2D eigenvalue weighted by Crippen LogP contribution is 2.36. The summed E-state index contributed by atoms with van der Waals surface area (Å²) in [4.78, 5) is 20.2. The van der Waals surface area contributed by atoms with Gasteiger partial charge in [-0.05, 0) is 67.9 Å². The van der Waals surface area contributed by atoms with Crippen molar-refractivity contribution in [2.75, 3.05) is 0 Å². The molecule has 0 aromatic heterocycles. The summed E-state index contributed by atoms with van der Waals surface area (Å²) in [5.41, 5.74) is 3.06. The maximum absolute atomic E-state index is 13.0. The van der Waals surface area contributed by atoms with Gasteiger partial charge in [-0.15, -0.1) is 0 Å². The largest absolute Gasteiger partial charge is 0.284 e. The third-order valence-electron chi connectivity index (χ3n) is 4.29. The van der Waals surface area contributed by atoms with Crippen LogP contribution >= 0.6 is 27.7 Å². The van der Waals surface area contributed by atoms with E-state index >= 15 is 0 Å². The second-order valence-electron chi connectivity index (χ2n) is 6.32. The van der Waals surface area contributed by atoms with E-state index in [0.29, 0.717) is 4.91 Å². The highest BCUT2D eigenvalue weighted by atomic mass is 79.9. The first-order valence-corrected chi connectivity index (χ1v) is 10.2. The van der Waals surface area contributed by atoms with E-state index in [1.165, 1.54) is 17.3 Å². The van der Waals surface area contributed by atoms with Crippen molar-refractivity contribution in [1.82, 2.24) is 4.90 Å². The van der Waals surface area contributed by atoms with Gasteiger partial charge in [-0.3, -0.25) is 9.69 Å². The van der Waals surface area contributed by atoms with Gasteiger partial charge in [0.15, 0.2) is 5.17 Å². The average molecular weight is 429 g/mol. The summed E-state index contributed by atoms with van der Waals surface area (Å²) < 4.78 is 1.02. The highest BCUT2D eigenvalue weighted by molar-refractivity contribution is 9.10. The van der Waals surface area contributed by atoms with Crippen LogP contribution in [0.3, 0.4) is 0 Å². The zero-order chi connectivity index (χ0) is 18.7. The highest BCUT2D eigenvalue weighted by Gasteiger charge is 2.36. The summed E-state index contributed by atoms with van der Waals surface area (Å²) >= 11 is 4.88. The minimum Gasteiger partial charge on any atom is -0.284 e. The molecular formula is C21H21BrN2OS. The van der Waals surface area contributed by atoms with Crippen molar-refractivity contribution in [3.05, 3.63) is 69.0 Å². The molecule has 5 heteroatoms. The Morgan fingerprint density at radius 1 is 1.15 bits per heavy atom. The van der Waals surface area contributed by atoms with Crippen LogP contribution in [0.1, 0.15) is 31.4 Å². The summed E-state index contributed by atoms with van der Waals surface area (Å²) in [6, 6.07) is 16.1. The lowest BCUT2D eigenvalue weighted by Crippen LogP contribution is -2.36. The second-order valence-corrected chi connectivity index (χ2v) is 8.25. The maximum atomic E-state index is 13.0. The molecule has 0 saturated carbocycles. The van der Waals surface area contributed by atoms with E-state index in [9.17, 15) is 4.79 Å². The summed E-state index contributed by atoms with van der Waals surface area (Å²) in [5.74, 6) is 0.0260. The molecule has 0 bridgehead atoms. The van der Waals surface area contributed by atoms with Gasteiger partial charge in [0.25, 0.3) is 5.91 Å². The van der Waals surface area contributed by atoms with Crippen molar-refractivity contribution >= 4 is 50.5 Å². The normalized spacial score (nSPS) is 18.8. The van der Waals surface area contributed by atoms with Gasteiger partial charge in [-0.1, -0.05) is 52.7 Å². The average Bonchev–Trinajstić information content (AvgIpc) is 2.93. The van der Waals surface area contributed by atoms with Crippen molar-refractivity contribution in [2.24, 2.45) is 4.99 Å². The van der Waals surface area contributed by atoms with Gasteiger partial charge in [0.1, 0.15) is 0 Å². The number of aryl methyl sites for hydroxylation is 1. The summed E-state index contributed by atoms with van der Waals surface area (Å²) in [7, 11) is 0. The maximum Gasteiger partial charge on any atom is 0.266 e. The molecule has 0 spiro atoms. The Bertz CT molecular complexity index is 857. The second kappa shape index (κ2) is 8.23. The van der Waals surface area contributed by atoms with E-state index in [2.05, 4.69) is 36.7 Å². The van der Waals surface area contributed by atoms with E-state index in [-0.39, 0.29) is 11.9 Å². The number of carbonyl (C=O) groups is 1. The smallest absolute Gasteiger partial charge is 0.266 e. The number of hydrogen-bond donors (Lipinski definition) is 0. The van der Waals surface area contributed by atoms with Gasteiger partial charge in [-0.2, -0.15) is 0 Å². The molecule has 1 heterocycles.